The van der Waals surface area contributed by atoms with Crippen molar-refractivity contribution >= 4 is 11.9 Å². The third-order valence-corrected chi connectivity index (χ3v) is 3.48. The summed E-state index contributed by atoms with van der Waals surface area (Å²) >= 11 is 0. The van der Waals surface area contributed by atoms with E-state index in [0.29, 0.717) is 0 Å². The summed E-state index contributed by atoms with van der Waals surface area (Å²) in [5, 5.41) is 2.66. The van der Waals surface area contributed by atoms with Gasteiger partial charge in [-0.2, -0.15) is 0 Å². The number of nitrogens with two attached hydrogens (primary N) is 1. The molecule has 3 atom stereocenters. The second-order valence-electron chi connectivity index (χ2n) is 5.06. The lowest BCUT2D eigenvalue weighted by molar-refractivity contribution is -0.145. The summed E-state index contributed by atoms with van der Waals surface area (Å²) < 4.78 is 4.57. The van der Waals surface area contributed by atoms with Crippen LogP contribution in [0.15, 0.2) is 0 Å². The van der Waals surface area contributed by atoms with E-state index in [4.69, 9.17) is 5.73 Å². The van der Waals surface area contributed by atoms with Crippen LogP contribution >= 0.6 is 0 Å². The van der Waals surface area contributed by atoms with E-state index in [1.807, 2.05) is 6.92 Å². The first-order valence-corrected chi connectivity index (χ1v) is 6.05. The summed E-state index contributed by atoms with van der Waals surface area (Å²) in [6.07, 6.45) is 3.70. The van der Waals surface area contributed by atoms with Crippen molar-refractivity contribution in [3.63, 3.8) is 0 Å². The Morgan fingerprint density at radius 3 is 2.65 bits per heavy atom. The zero-order valence-corrected chi connectivity index (χ0v) is 10.8. The van der Waals surface area contributed by atoms with Gasteiger partial charge in [0.05, 0.1) is 13.0 Å². The summed E-state index contributed by atoms with van der Waals surface area (Å²) in [6.45, 7) is 3.51. The van der Waals surface area contributed by atoms with E-state index in [2.05, 4.69) is 10.1 Å². The highest BCUT2D eigenvalue weighted by Crippen LogP contribution is 2.31. The molecule has 98 valence electrons. The molecule has 17 heavy (non-hydrogen) atoms. The van der Waals surface area contributed by atoms with Gasteiger partial charge >= 0.3 is 5.97 Å². The fourth-order valence-electron chi connectivity index (χ4n) is 2.34. The first kappa shape index (κ1) is 14.0. The molecule has 0 aliphatic heterocycles. The van der Waals surface area contributed by atoms with Gasteiger partial charge in [0.15, 0.2) is 0 Å². The average Bonchev–Trinajstić information content (AvgIpc) is 2.26. The van der Waals surface area contributed by atoms with Gasteiger partial charge < -0.3 is 15.8 Å². The van der Waals surface area contributed by atoms with E-state index >= 15 is 0 Å². The number of amides is 1. The van der Waals surface area contributed by atoms with Gasteiger partial charge in [0.2, 0.25) is 5.91 Å². The van der Waals surface area contributed by atoms with E-state index in [1.54, 1.807) is 6.92 Å². The highest BCUT2D eigenvalue weighted by Gasteiger charge is 2.38. The monoisotopic (exact) mass is 242 g/mol. The van der Waals surface area contributed by atoms with Crippen LogP contribution in [0.3, 0.4) is 0 Å². The SMILES string of the molecule is COC(=O)[C@H](C)NC(=O)C1CCCCC1(C)N. The minimum absolute atomic E-state index is 0.146. The molecule has 0 aromatic rings. The molecule has 1 rings (SSSR count). The molecule has 0 spiro atoms. The Bertz CT molecular complexity index is 302. The Kier molecular flexibility index (Phi) is 4.51. The molecule has 0 bridgehead atoms. The van der Waals surface area contributed by atoms with Crippen LogP contribution in [0.4, 0.5) is 0 Å². The van der Waals surface area contributed by atoms with E-state index in [9.17, 15) is 9.59 Å². The number of hydrogen-bond donors (Lipinski definition) is 2. The van der Waals surface area contributed by atoms with Gasteiger partial charge in [-0.3, -0.25) is 4.79 Å². The van der Waals surface area contributed by atoms with Crippen LogP contribution in [0.5, 0.6) is 0 Å². The molecule has 0 aromatic carbocycles. The van der Waals surface area contributed by atoms with Gasteiger partial charge in [-0.1, -0.05) is 12.8 Å². The van der Waals surface area contributed by atoms with Crippen molar-refractivity contribution in [3.8, 4) is 0 Å². The number of hydrogen-bond acceptors (Lipinski definition) is 4. The minimum Gasteiger partial charge on any atom is -0.467 e. The molecule has 1 aliphatic carbocycles. The molecular formula is C12H22N2O3. The Morgan fingerprint density at radius 2 is 2.12 bits per heavy atom. The van der Waals surface area contributed by atoms with E-state index in [0.717, 1.165) is 25.7 Å². The summed E-state index contributed by atoms with van der Waals surface area (Å²) in [5.41, 5.74) is 5.66. The lowest BCUT2D eigenvalue weighted by Crippen LogP contribution is -2.54. The Balaban J connectivity index is 2.60. The van der Waals surface area contributed by atoms with Crippen LogP contribution in [0.1, 0.15) is 39.5 Å². The molecule has 5 heteroatoms. The van der Waals surface area contributed by atoms with E-state index in [1.165, 1.54) is 7.11 Å². The largest absolute Gasteiger partial charge is 0.467 e. The molecular weight excluding hydrogens is 220 g/mol. The van der Waals surface area contributed by atoms with Crippen LogP contribution in [0, 0.1) is 5.92 Å². The van der Waals surface area contributed by atoms with E-state index in [-0.39, 0.29) is 11.8 Å². The molecule has 0 aromatic heterocycles. The van der Waals surface area contributed by atoms with Crippen molar-refractivity contribution in [2.45, 2.75) is 51.1 Å². The van der Waals surface area contributed by atoms with Crippen LogP contribution in [0.25, 0.3) is 0 Å². The zero-order valence-electron chi connectivity index (χ0n) is 10.8. The first-order chi connectivity index (χ1) is 7.88. The maximum atomic E-state index is 12.0. The van der Waals surface area contributed by atoms with Crippen molar-refractivity contribution in [2.75, 3.05) is 7.11 Å². The Labute approximate surface area is 102 Å². The third kappa shape index (κ3) is 3.43. The van der Waals surface area contributed by atoms with Crippen LogP contribution < -0.4 is 11.1 Å². The molecule has 1 fully saturated rings. The van der Waals surface area contributed by atoms with Crippen LogP contribution in [-0.2, 0) is 14.3 Å². The summed E-state index contributed by atoms with van der Waals surface area (Å²) in [4.78, 5) is 23.3. The second-order valence-corrected chi connectivity index (χ2v) is 5.06. The molecule has 0 radical (unpaired) electrons. The number of nitrogens with one attached hydrogen (secondary N) is 1. The molecule has 1 aliphatic rings. The number of rotatable bonds is 3. The van der Waals surface area contributed by atoms with Gasteiger partial charge in [0, 0.05) is 5.54 Å². The number of carbonyl (C=O) groups is 2. The zero-order chi connectivity index (χ0) is 13.1. The fraction of sp³-hybridized carbons (Fsp3) is 0.833. The van der Waals surface area contributed by atoms with Gasteiger partial charge in [-0.25, -0.2) is 4.79 Å². The van der Waals surface area contributed by atoms with Gasteiger partial charge in [0.1, 0.15) is 6.04 Å². The van der Waals surface area contributed by atoms with Gasteiger partial charge in [0.25, 0.3) is 0 Å². The molecule has 5 nitrogen and oxygen atoms in total. The lowest BCUT2D eigenvalue weighted by atomic mass is 9.74. The first-order valence-electron chi connectivity index (χ1n) is 6.05. The minimum atomic E-state index is -0.620. The topological polar surface area (TPSA) is 81.4 Å². The molecule has 1 amide bonds. The average molecular weight is 242 g/mol. The Morgan fingerprint density at radius 1 is 1.47 bits per heavy atom. The third-order valence-electron chi connectivity index (χ3n) is 3.48. The highest BCUT2D eigenvalue weighted by molar-refractivity contribution is 5.86. The molecule has 3 N–H and O–H groups in total. The highest BCUT2D eigenvalue weighted by atomic mass is 16.5. The van der Waals surface area contributed by atoms with Crippen molar-refractivity contribution in [3.05, 3.63) is 0 Å². The molecule has 0 heterocycles. The van der Waals surface area contributed by atoms with Crippen molar-refractivity contribution in [1.29, 1.82) is 0 Å². The van der Waals surface area contributed by atoms with E-state index < -0.39 is 17.6 Å². The van der Waals surface area contributed by atoms with Gasteiger partial charge in [-0.15, -0.1) is 0 Å². The number of ether oxygens (including phenoxy) is 1. The van der Waals surface area contributed by atoms with Crippen LogP contribution in [-0.4, -0.2) is 30.6 Å². The lowest BCUT2D eigenvalue weighted by Gasteiger charge is -2.37. The quantitative estimate of drug-likeness (QED) is 0.709. The van der Waals surface area contributed by atoms with Gasteiger partial charge in [-0.05, 0) is 26.7 Å². The molecule has 2 unspecified atom stereocenters. The predicted molar refractivity (Wildman–Crippen MR) is 64.2 cm³/mol. The molecule has 1 saturated carbocycles. The number of methoxy groups -OCH3 is 1. The standard InChI is InChI=1S/C12H22N2O3/c1-8(11(16)17-3)14-10(15)9-6-4-5-7-12(9,2)13/h8-9H,4-7,13H2,1-3H3,(H,14,15)/t8-,9?,12?/m0/s1. The number of esters is 1. The van der Waals surface area contributed by atoms with Crippen molar-refractivity contribution < 1.29 is 14.3 Å². The Hall–Kier alpha value is -1.10. The maximum Gasteiger partial charge on any atom is 0.328 e. The van der Waals surface area contributed by atoms with Crippen LogP contribution in [0.2, 0.25) is 0 Å². The second kappa shape index (κ2) is 5.49. The molecule has 0 saturated heterocycles. The summed E-state index contributed by atoms with van der Waals surface area (Å²) in [7, 11) is 1.30. The van der Waals surface area contributed by atoms with Crippen molar-refractivity contribution in [1.82, 2.24) is 5.32 Å². The fourth-order valence-corrected chi connectivity index (χ4v) is 2.34. The summed E-state index contributed by atoms with van der Waals surface area (Å²) in [6, 6.07) is -0.620. The maximum absolute atomic E-state index is 12.0. The van der Waals surface area contributed by atoms with Crippen molar-refractivity contribution in [2.24, 2.45) is 11.7 Å². The predicted octanol–water partition coefficient (Wildman–Crippen LogP) is 0.572. The summed E-state index contributed by atoms with van der Waals surface area (Å²) in [5.74, 6) is -0.802. The smallest absolute Gasteiger partial charge is 0.328 e. The normalized spacial score (nSPS) is 30.5. The number of carbonyl (C=O) groups excluding carboxylic acids is 2.